The number of aliphatic hydroxyl groups is 1. The highest BCUT2D eigenvalue weighted by molar-refractivity contribution is 9.10. The van der Waals surface area contributed by atoms with E-state index in [1.165, 1.54) is 0 Å². The Labute approximate surface area is 96.7 Å². The van der Waals surface area contributed by atoms with E-state index in [0.29, 0.717) is 0 Å². The van der Waals surface area contributed by atoms with Gasteiger partial charge in [0.25, 0.3) is 0 Å². The van der Waals surface area contributed by atoms with E-state index in [1.807, 2.05) is 30.3 Å². The van der Waals surface area contributed by atoms with Crippen molar-refractivity contribution in [2.24, 2.45) is 0 Å². The van der Waals surface area contributed by atoms with Crippen molar-refractivity contribution in [3.8, 4) is 11.1 Å². The first-order valence-electron chi connectivity index (χ1n) is 4.61. The van der Waals surface area contributed by atoms with Gasteiger partial charge in [0, 0.05) is 22.4 Å². The summed E-state index contributed by atoms with van der Waals surface area (Å²) in [5.41, 5.74) is 2.96. The molecule has 0 amide bonds. The van der Waals surface area contributed by atoms with E-state index in [-0.39, 0.29) is 6.61 Å². The highest BCUT2D eigenvalue weighted by Crippen LogP contribution is 2.24. The molecule has 0 radical (unpaired) electrons. The number of benzene rings is 1. The summed E-state index contributed by atoms with van der Waals surface area (Å²) in [5.74, 6) is 0. The third-order valence-corrected chi connectivity index (χ3v) is 2.76. The molecule has 0 aliphatic heterocycles. The molecule has 76 valence electrons. The molecule has 0 unspecified atom stereocenters. The van der Waals surface area contributed by atoms with Crippen LogP contribution in [0.25, 0.3) is 11.1 Å². The van der Waals surface area contributed by atoms with Gasteiger partial charge >= 0.3 is 0 Å². The summed E-state index contributed by atoms with van der Waals surface area (Å²) in [7, 11) is 0. The van der Waals surface area contributed by atoms with Gasteiger partial charge in [0.15, 0.2) is 0 Å². The molecule has 0 spiro atoms. The van der Waals surface area contributed by atoms with Gasteiger partial charge in [0.2, 0.25) is 0 Å². The van der Waals surface area contributed by atoms with Gasteiger partial charge in [-0.1, -0.05) is 28.1 Å². The first kappa shape index (κ1) is 10.3. The first-order chi connectivity index (χ1) is 7.31. The largest absolute Gasteiger partial charge is 0.392 e. The van der Waals surface area contributed by atoms with E-state index < -0.39 is 0 Å². The summed E-state index contributed by atoms with van der Waals surface area (Å²) in [4.78, 5) is 3.99. The lowest BCUT2D eigenvalue weighted by atomic mass is 10.0. The maximum absolute atomic E-state index is 9.19. The number of halogens is 1. The predicted molar refractivity (Wildman–Crippen MR) is 63.3 cm³/mol. The van der Waals surface area contributed by atoms with Crippen molar-refractivity contribution in [2.45, 2.75) is 6.61 Å². The standard InChI is InChI=1S/C12H10BrNO/c13-11-3-1-9(2-4-11)12-5-6-14-7-10(12)8-15/h1-7,15H,8H2. The molecule has 0 atom stereocenters. The molecule has 1 aromatic heterocycles. The number of pyridine rings is 1. The summed E-state index contributed by atoms with van der Waals surface area (Å²) < 4.78 is 1.05. The molecule has 0 saturated heterocycles. The van der Waals surface area contributed by atoms with Crippen molar-refractivity contribution in [1.82, 2.24) is 4.98 Å². The molecule has 1 N–H and O–H groups in total. The van der Waals surface area contributed by atoms with Crippen molar-refractivity contribution in [2.75, 3.05) is 0 Å². The van der Waals surface area contributed by atoms with Crippen molar-refractivity contribution in [3.05, 3.63) is 52.8 Å². The highest BCUT2D eigenvalue weighted by Gasteiger charge is 2.03. The van der Waals surface area contributed by atoms with Gasteiger partial charge in [0.05, 0.1) is 6.61 Å². The number of aromatic nitrogens is 1. The summed E-state index contributed by atoms with van der Waals surface area (Å²) in [5, 5.41) is 9.19. The average Bonchev–Trinajstić information content (AvgIpc) is 2.30. The Morgan fingerprint density at radius 1 is 1.13 bits per heavy atom. The Bertz CT molecular complexity index is 453. The van der Waals surface area contributed by atoms with Crippen molar-refractivity contribution < 1.29 is 5.11 Å². The summed E-state index contributed by atoms with van der Waals surface area (Å²) in [6.45, 7) is 0.0131. The lowest BCUT2D eigenvalue weighted by molar-refractivity contribution is 0.282. The molecule has 0 bridgehead atoms. The molecular formula is C12H10BrNO. The van der Waals surface area contributed by atoms with E-state index >= 15 is 0 Å². The number of rotatable bonds is 2. The van der Waals surface area contributed by atoms with Gasteiger partial charge in [0.1, 0.15) is 0 Å². The van der Waals surface area contributed by atoms with Crippen LogP contribution in [0.5, 0.6) is 0 Å². The van der Waals surface area contributed by atoms with Crippen LogP contribution >= 0.6 is 15.9 Å². The van der Waals surface area contributed by atoms with Gasteiger partial charge < -0.3 is 5.11 Å². The van der Waals surface area contributed by atoms with Gasteiger partial charge in [-0.3, -0.25) is 4.98 Å². The van der Waals surface area contributed by atoms with Gasteiger partial charge in [-0.05, 0) is 29.3 Å². The van der Waals surface area contributed by atoms with Crippen LogP contribution in [0.4, 0.5) is 0 Å². The Hall–Kier alpha value is -1.19. The summed E-state index contributed by atoms with van der Waals surface area (Å²) in [6.07, 6.45) is 3.42. The Morgan fingerprint density at radius 3 is 2.53 bits per heavy atom. The van der Waals surface area contributed by atoms with Crippen LogP contribution < -0.4 is 0 Å². The first-order valence-corrected chi connectivity index (χ1v) is 5.40. The highest BCUT2D eigenvalue weighted by atomic mass is 79.9. The topological polar surface area (TPSA) is 33.1 Å². The third-order valence-electron chi connectivity index (χ3n) is 2.23. The summed E-state index contributed by atoms with van der Waals surface area (Å²) in [6, 6.07) is 9.90. The molecule has 1 heterocycles. The zero-order valence-electron chi connectivity index (χ0n) is 8.02. The minimum atomic E-state index is 0.0131. The molecule has 0 aliphatic carbocycles. The summed E-state index contributed by atoms with van der Waals surface area (Å²) >= 11 is 3.39. The molecule has 2 aromatic rings. The van der Waals surface area contributed by atoms with Crippen LogP contribution in [0.2, 0.25) is 0 Å². The van der Waals surface area contributed by atoms with Crippen molar-refractivity contribution in [3.63, 3.8) is 0 Å². The van der Waals surface area contributed by atoms with E-state index in [9.17, 15) is 5.11 Å². The van der Waals surface area contributed by atoms with Crippen LogP contribution in [-0.4, -0.2) is 10.1 Å². The zero-order chi connectivity index (χ0) is 10.7. The molecule has 2 nitrogen and oxygen atoms in total. The maximum Gasteiger partial charge on any atom is 0.0702 e. The fourth-order valence-corrected chi connectivity index (χ4v) is 1.73. The Morgan fingerprint density at radius 2 is 1.87 bits per heavy atom. The van der Waals surface area contributed by atoms with Crippen molar-refractivity contribution in [1.29, 1.82) is 0 Å². The Kier molecular flexibility index (Phi) is 3.14. The second kappa shape index (κ2) is 4.55. The zero-order valence-corrected chi connectivity index (χ0v) is 9.61. The van der Waals surface area contributed by atoms with Crippen LogP contribution in [0.1, 0.15) is 5.56 Å². The predicted octanol–water partition coefficient (Wildman–Crippen LogP) is 3.00. The quantitative estimate of drug-likeness (QED) is 0.904. The fourth-order valence-electron chi connectivity index (χ4n) is 1.46. The number of aliphatic hydroxyl groups excluding tert-OH is 1. The minimum absolute atomic E-state index is 0.0131. The number of nitrogens with zero attached hydrogens (tertiary/aromatic N) is 1. The molecule has 2 rings (SSSR count). The van der Waals surface area contributed by atoms with E-state index in [2.05, 4.69) is 20.9 Å². The van der Waals surface area contributed by atoms with Gasteiger partial charge in [-0.25, -0.2) is 0 Å². The second-order valence-electron chi connectivity index (χ2n) is 3.20. The van der Waals surface area contributed by atoms with E-state index in [0.717, 1.165) is 21.2 Å². The van der Waals surface area contributed by atoms with E-state index in [1.54, 1.807) is 12.4 Å². The van der Waals surface area contributed by atoms with Gasteiger partial charge in [-0.15, -0.1) is 0 Å². The fraction of sp³-hybridized carbons (Fsp3) is 0.0833. The molecule has 15 heavy (non-hydrogen) atoms. The van der Waals surface area contributed by atoms with Crippen LogP contribution in [0.15, 0.2) is 47.2 Å². The third kappa shape index (κ3) is 2.25. The number of hydrogen-bond donors (Lipinski definition) is 1. The van der Waals surface area contributed by atoms with Crippen LogP contribution in [0, 0.1) is 0 Å². The van der Waals surface area contributed by atoms with Crippen LogP contribution in [0.3, 0.4) is 0 Å². The molecule has 0 saturated carbocycles. The average molecular weight is 264 g/mol. The monoisotopic (exact) mass is 263 g/mol. The SMILES string of the molecule is OCc1cnccc1-c1ccc(Br)cc1. The normalized spacial score (nSPS) is 10.3. The number of hydrogen-bond acceptors (Lipinski definition) is 2. The molecule has 3 heteroatoms. The molecule has 1 aromatic carbocycles. The Balaban J connectivity index is 2.49. The molecule has 0 fully saturated rings. The molecule has 0 aliphatic rings. The maximum atomic E-state index is 9.19. The van der Waals surface area contributed by atoms with Crippen molar-refractivity contribution >= 4 is 15.9 Å². The lowest BCUT2D eigenvalue weighted by Crippen LogP contribution is -1.90. The van der Waals surface area contributed by atoms with Crippen LogP contribution in [-0.2, 0) is 6.61 Å². The minimum Gasteiger partial charge on any atom is -0.392 e. The van der Waals surface area contributed by atoms with Gasteiger partial charge in [-0.2, -0.15) is 0 Å². The lowest BCUT2D eigenvalue weighted by Gasteiger charge is -2.06. The second-order valence-corrected chi connectivity index (χ2v) is 4.11. The molecular weight excluding hydrogens is 254 g/mol. The van der Waals surface area contributed by atoms with E-state index in [4.69, 9.17) is 0 Å². The smallest absolute Gasteiger partial charge is 0.0702 e.